The van der Waals surface area contributed by atoms with Crippen LogP contribution in [0.3, 0.4) is 0 Å². The van der Waals surface area contributed by atoms with Gasteiger partial charge in [-0.25, -0.2) is 0 Å². The van der Waals surface area contributed by atoms with Crippen LogP contribution < -0.4 is 25.2 Å². The van der Waals surface area contributed by atoms with Crippen molar-refractivity contribution in [1.29, 1.82) is 0 Å². The van der Waals surface area contributed by atoms with Crippen LogP contribution in [0.25, 0.3) is 0 Å². The van der Waals surface area contributed by atoms with Crippen molar-refractivity contribution in [2.45, 2.75) is 45.4 Å². The second-order valence-corrected chi connectivity index (χ2v) is 20.0. The number of likely N-dealkylation sites (tertiary alicyclic amines) is 2. The average Bonchev–Trinajstić information content (AvgIpc) is 3.47. The molecule has 0 bridgehead atoms. The van der Waals surface area contributed by atoms with E-state index in [-0.39, 0.29) is 23.6 Å². The quantitative estimate of drug-likeness (QED) is 0.116. The van der Waals surface area contributed by atoms with Crippen LogP contribution in [0.5, 0.6) is 5.75 Å². The Kier molecular flexibility index (Phi) is 17.9. The number of benzene rings is 6. The minimum absolute atomic E-state index is 0.0179. The Morgan fingerprint density at radius 1 is 0.480 bits per heavy atom. The van der Waals surface area contributed by atoms with Gasteiger partial charge in [0.2, 0.25) is 0 Å². The van der Waals surface area contributed by atoms with Gasteiger partial charge in [0.05, 0.1) is 39.2 Å². The number of nitrogens with zero attached hydrogens (tertiary/aromatic N) is 4. The molecule has 4 aliphatic heterocycles. The SMILES string of the molecule is COc1ccc(C(=O)N2CCC(Cc3ccccc3)CC2)cc1NC(=O)c1cccc(N2CCOCC2)c1.Cc1ccc(C(=O)N2CCC(Cc3ccccc3)CC2)cc1NC(=O)c1cccc(N2CCOCC2)c1. The van der Waals surface area contributed by atoms with Crippen molar-refractivity contribution in [3.05, 3.63) is 185 Å². The number of hydrogen-bond donors (Lipinski definition) is 2. The molecular formula is C62H70N6O7. The summed E-state index contributed by atoms with van der Waals surface area (Å²) in [5.74, 6) is 1.29. The first-order valence-electron chi connectivity index (χ1n) is 26.6. The number of morpholine rings is 2. The minimum Gasteiger partial charge on any atom is -0.495 e. The molecule has 0 aromatic heterocycles. The fourth-order valence-corrected chi connectivity index (χ4v) is 10.5. The number of methoxy groups -OCH3 is 1. The number of piperidine rings is 2. The molecule has 4 heterocycles. The molecule has 0 radical (unpaired) electrons. The van der Waals surface area contributed by atoms with Crippen LogP contribution in [0.4, 0.5) is 22.7 Å². The molecular weight excluding hydrogens is 941 g/mol. The van der Waals surface area contributed by atoms with E-state index in [0.29, 0.717) is 77.6 Å². The molecule has 4 saturated heterocycles. The van der Waals surface area contributed by atoms with Gasteiger partial charge in [-0.15, -0.1) is 0 Å². The van der Waals surface area contributed by atoms with E-state index >= 15 is 0 Å². The lowest BCUT2D eigenvalue weighted by atomic mass is 9.90. The van der Waals surface area contributed by atoms with Crippen LogP contribution >= 0.6 is 0 Å². The third-order valence-corrected chi connectivity index (χ3v) is 14.9. The van der Waals surface area contributed by atoms with Gasteiger partial charge < -0.3 is 44.4 Å². The van der Waals surface area contributed by atoms with E-state index in [1.165, 1.54) is 11.1 Å². The zero-order valence-electron chi connectivity index (χ0n) is 43.4. The normalized spacial score (nSPS) is 16.3. The lowest BCUT2D eigenvalue weighted by Crippen LogP contribution is -2.39. The Balaban J connectivity index is 0.000000184. The van der Waals surface area contributed by atoms with E-state index < -0.39 is 0 Å². The third-order valence-electron chi connectivity index (χ3n) is 14.9. The van der Waals surface area contributed by atoms with Crippen molar-refractivity contribution in [3.8, 4) is 5.75 Å². The van der Waals surface area contributed by atoms with Gasteiger partial charge in [0, 0.05) is 91.7 Å². The van der Waals surface area contributed by atoms with E-state index in [4.69, 9.17) is 14.2 Å². The number of hydrogen-bond acceptors (Lipinski definition) is 9. The van der Waals surface area contributed by atoms with Crippen LogP contribution in [0.1, 0.15) is 83.8 Å². The standard InChI is InChI=1S/C31H35N3O4.C31H35N3O3/c1-37-29-11-10-26(31(36)34-14-12-24(13-15-34)20-23-6-3-2-4-7-23)22-28(29)32-30(35)25-8-5-9-27(21-25)33-16-18-38-19-17-33;1-23-10-11-27(31(36)34-14-12-25(13-15-34)20-24-6-3-2-4-7-24)22-29(23)32-30(35)26-8-5-9-28(21-26)33-16-18-37-19-17-33/h2-11,21-22,24H,12-20H2,1H3,(H,32,35);2-11,21-22,25H,12-20H2,1H3,(H,32,35). The average molecular weight is 1010 g/mol. The Bertz CT molecular complexity index is 2870. The highest BCUT2D eigenvalue weighted by molar-refractivity contribution is 6.07. The van der Waals surface area contributed by atoms with Crippen LogP contribution in [0.15, 0.2) is 146 Å². The fourth-order valence-electron chi connectivity index (χ4n) is 10.5. The number of aryl methyl sites for hydroxylation is 1. The highest BCUT2D eigenvalue weighted by Gasteiger charge is 2.27. The van der Waals surface area contributed by atoms with Crippen LogP contribution in [-0.4, -0.2) is 119 Å². The Morgan fingerprint density at radius 3 is 1.36 bits per heavy atom. The first kappa shape index (κ1) is 52.4. The minimum atomic E-state index is -0.246. The number of carbonyl (C=O) groups excluding carboxylic acids is 4. The first-order valence-corrected chi connectivity index (χ1v) is 26.6. The molecule has 6 aromatic carbocycles. The maximum atomic E-state index is 13.3. The molecule has 4 amide bonds. The number of carbonyl (C=O) groups is 4. The number of nitrogens with one attached hydrogen (secondary N) is 2. The molecule has 75 heavy (non-hydrogen) atoms. The molecule has 4 fully saturated rings. The molecule has 6 aromatic rings. The van der Waals surface area contributed by atoms with Gasteiger partial charge in [-0.2, -0.15) is 0 Å². The van der Waals surface area contributed by atoms with Crippen molar-refractivity contribution in [1.82, 2.24) is 9.80 Å². The summed E-state index contributed by atoms with van der Waals surface area (Å²) < 4.78 is 16.4. The summed E-state index contributed by atoms with van der Waals surface area (Å²) in [6, 6.07) is 47.2. The van der Waals surface area contributed by atoms with E-state index in [1.807, 2.05) is 89.5 Å². The second-order valence-electron chi connectivity index (χ2n) is 20.0. The van der Waals surface area contributed by atoms with Gasteiger partial charge in [-0.3, -0.25) is 19.2 Å². The Labute approximate surface area is 441 Å². The summed E-state index contributed by atoms with van der Waals surface area (Å²) in [6.45, 7) is 10.9. The van der Waals surface area contributed by atoms with Gasteiger partial charge in [0.25, 0.3) is 23.6 Å². The van der Waals surface area contributed by atoms with Crippen LogP contribution in [0, 0.1) is 18.8 Å². The Morgan fingerprint density at radius 2 is 0.907 bits per heavy atom. The Hall–Kier alpha value is -7.48. The molecule has 10 rings (SSSR count). The summed E-state index contributed by atoms with van der Waals surface area (Å²) in [4.78, 5) is 61.3. The van der Waals surface area contributed by atoms with Crippen molar-refractivity contribution in [3.63, 3.8) is 0 Å². The summed E-state index contributed by atoms with van der Waals surface area (Å²) >= 11 is 0. The molecule has 390 valence electrons. The molecule has 0 spiro atoms. The summed E-state index contributed by atoms with van der Waals surface area (Å²) in [6.07, 6.45) is 6.11. The lowest BCUT2D eigenvalue weighted by molar-refractivity contribution is 0.0683. The van der Waals surface area contributed by atoms with E-state index in [1.54, 1.807) is 31.4 Å². The predicted octanol–water partition coefficient (Wildman–Crippen LogP) is 10.1. The second kappa shape index (κ2) is 25.6. The van der Waals surface area contributed by atoms with Gasteiger partial charge >= 0.3 is 0 Å². The zero-order chi connectivity index (χ0) is 51.9. The molecule has 4 aliphatic rings. The molecule has 0 atom stereocenters. The van der Waals surface area contributed by atoms with Gasteiger partial charge in [-0.1, -0.05) is 78.9 Å². The smallest absolute Gasteiger partial charge is 0.255 e. The molecule has 0 aliphatic carbocycles. The van der Waals surface area contributed by atoms with Crippen LogP contribution in [0.2, 0.25) is 0 Å². The monoisotopic (exact) mass is 1010 g/mol. The highest BCUT2D eigenvalue weighted by atomic mass is 16.5. The molecule has 2 N–H and O–H groups in total. The van der Waals surface area contributed by atoms with Gasteiger partial charge in [-0.05, 0) is 141 Å². The van der Waals surface area contributed by atoms with Crippen molar-refractivity contribution < 1.29 is 33.4 Å². The number of amides is 4. The lowest BCUT2D eigenvalue weighted by Gasteiger charge is -2.32. The van der Waals surface area contributed by atoms with Crippen molar-refractivity contribution in [2.24, 2.45) is 11.8 Å². The summed E-state index contributed by atoms with van der Waals surface area (Å²) in [5.41, 5.74) is 9.12. The largest absolute Gasteiger partial charge is 0.495 e. The molecule has 13 heteroatoms. The van der Waals surface area contributed by atoms with Crippen LogP contribution in [-0.2, 0) is 22.3 Å². The highest BCUT2D eigenvalue weighted by Crippen LogP contribution is 2.30. The number of anilines is 4. The predicted molar refractivity (Wildman–Crippen MR) is 297 cm³/mol. The number of rotatable bonds is 13. The third kappa shape index (κ3) is 14.0. The number of ether oxygens (including phenoxy) is 3. The van der Waals surface area contributed by atoms with E-state index in [2.05, 4.69) is 69.0 Å². The van der Waals surface area contributed by atoms with E-state index in [9.17, 15) is 19.2 Å². The topological polar surface area (TPSA) is 133 Å². The summed E-state index contributed by atoms with van der Waals surface area (Å²) in [5, 5.41) is 6.00. The van der Waals surface area contributed by atoms with Crippen molar-refractivity contribution >= 4 is 46.4 Å². The van der Waals surface area contributed by atoms with Gasteiger partial charge in [0.1, 0.15) is 5.75 Å². The molecule has 13 nitrogen and oxygen atoms in total. The van der Waals surface area contributed by atoms with E-state index in [0.717, 1.165) is 108 Å². The van der Waals surface area contributed by atoms with Crippen molar-refractivity contribution in [2.75, 3.05) is 106 Å². The fraction of sp³-hybridized carbons (Fsp3) is 0.355. The zero-order valence-corrected chi connectivity index (χ0v) is 43.4. The van der Waals surface area contributed by atoms with Gasteiger partial charge in [0.15, 0.2) is 0 Å². The summed E-state index contributed by atoms with van der Waals surface area (Å²) in [7, 11) is 1.56. The maximum Gasteiger partial charge on any atom is 0.255 e. The molecule has 0 saturated carbocycles. The first-order chi connectivity index (χ1) is 36.7. The maximum absolute atomic E-state index is 13.3. The molecule has 0 unspecified atom stereocenters.